The Balaban J connectivity index is 1.97. The molecule has 5 nitrogen and oxygen atoms in total. The Morgan fingerprint density at radius 3 is 2.29 bits per heavy atom. The van der Waals surface area contributed by atoms with Crippen molar-refractivity contribution in [3.8, 4) is 11.5 Å². The Hall–Kier alpha value is -2.82. The third kappa shape index (κ3) is 4.59. The first-order valence-electron chi connectivity index (χ1n) is 7.65. The highest BCUT2D eigenvalue weighted by molar-refractivity contribution is 6.02. The van der Waals surface area contributed by atoms with Crippen LogP contribution in [0, 0.1) is 6.92 Å². The number of Topliss-reactive ketones (excluding diaryl/α,β-unsaturated/α-hetero) is 1. The van der Waals surface area contributed by atoms with Gasteiger partial charge in [0.2, 0.25) is 5.91 Å². The number of ether oxygens (including phenoxy) is 2. The van der Waals surface area contributed by atoms with Crippen molar-refractivity contribution in [1.29, 1.82) is 0 Å². The molecule has 1 amide bonds. The Morgan fingerprint density at radius 2 is 1.67 bits per heavy atom. The topological polar surface area (TPSA) is 64.6 Å². The third-order valence-electron chi connectivity index (χ3n) is 3.62. The average Bonchev–Trinajstić information content (AvgIpc) is 2.61. The van der Waals surface area contributed by atoms with E-state index in [0.717, 1.165) is 11.3 Å². The van der Waals surface area contributed by atoms with Crippen LogP contribution in [0.15, 0.2) is 42.5 Å². The lowest BCUT2D eigenvalue weighted by Crippen LogP contribution is -2.14. The average molecular weight is 327 g/mol. The zero-order chi connectivity index (χ0) is 17.5. The summed E-state index contributed by atoms with van der Waals surface area (Å²) in [7, 11) is 3.04. The largest absolute Gasteiger partial charge is 0.497 e. The minimum Gasteiger partial charge on any atom is -0.497 e. The van der Waals surface area contributed by atoms with E-state index < -0.39 is 0 Å². The summed E-state index contributed by atoms with van der Waals surface area (Å²) in [4.78, 5) is 24.4. The molecule has 24 heavy (non-hydrogen) atoms. The second-order valence-corrected chi connectivity index (χ2v) is 5.40. The highest BCUT2D eigenvalue weighted by atomic mass is 16.5. The van der Waals surface area contributed by atoms with Crippen LogP contribution >= 0.6 is 0 Å². The van der Waals surface area contributed by atoms with Crippen molar-refractivity contribution in [3.63, 3.8) is 0 Å². The molecule has 2 aromatic carbocycles. The Kier molecular flexibility index (Phi) is 5.95. The van der Waals surface area contributed by atoms with E-state index in [1.165, 1.54) is 14.2 Å². The highest BCUT2D eigenvalue weighted by Crippen LogP contribution is 2.25. The van der Waals surface area contributed by atoms with E-state index in [1.54, 1.807) is 18.2 Å². The second-order valence-electron chi connectivity index (χ2n) is 5.40. The van der Waals surface area contributed by atoms with Gasteiger partial charge in [-0.1, -0.05) is 17.7 Å². The number of rotatable bonds is 7. The van der Waals surface area contributed by atoms with Gasteiger partial charge in [-0.2, -0.15) is 0 Å². The Bertz CT molecular complexity index is 723. The summed E-state index contributed by atoms with van der Waals surface area (Å²) < 4.78 is 10.3. The van der Waals surface area contributed by atoms with Gasteiger partial charge in [0, 0.05) is 18.5 Å². The van der Waals surface area contributed by atoms with Crippen LogP contribution in [0.4, 0.5) is 5.69 Å². The molecular formula is C19H21NO4. The minimum absolute atomic E-state index is 0.0984. The van der Waals surface area contributed by atoms with Crippen LogP contribution in [-0.2, 0) is 4.79 Å². The first kappa shape index (κ1) is 17.5. The number of benzene rings is 2. The molecule has 0 aliphatic carbocycles. The summed E-state index contributed by atoms with van der Waals surface area (Å²) in [5, 5.41) is 2.78. The summed E-state index contributed by atoms with van der Waals surface area (Å²) in [5.41, 5.74) is 2.25. The summed E-state index contributed by atoms with van der Waals surface area (Å²) >= 11 is 0. The fourth-order valence-corrected chi connectivity index (χ4v) is 2.25. The molecule has 0 heterocycles. The summed E-state index contributed by atoms with van der Waals surface area (Å²) in [6.07, 6.45) is 0.203. The lowest BCUT2D eigenvalue weighted by atomic mass is 10.0. The van der Waals surface area contributed by atoms with Gasteiger partial charge in [-0.3, -0.25) is 9.59 Å². The van der Waals surface area contributed by atoms with E-state index in [-0.39, 0.29) is 24.5 Å². The van der Waals surface area contributed by atoms with Gasteiger partial charge >= 0.3 is 0 Å². The number of carbonyl (C=O) groups excluding carboxylic acids is 2. The van der Waals surface area contributed by atoms with Crippen LogP contribution in [0.3, 0.4) is 0 Å². The fraction of sp³-hybridized carbons (Fsp3) is 0.263. The molecule has 5 heteroatoms. The van der Waals surface area contributed by atoms with Gasteiger partial charge in [-0.25, -0.2) is 0 Å². The summed E-state index contributed by atoms with van der Waals surface area (Å²) in [5.74, 6) is 0.682. The number of hydrogen-bond acceptors (Lipinski definition) is 4. The molecule has 0 aliphatic rings. The smallest absolute Gasteiger partial charge is 0.224 e. The first-order chi connectivity index (χ1) is 11.5. The van der Waals surface area contributed by atoms with Gasteiger partial charge in [0.15, 0.2) is 5.78 Å². The molecule has 2 rings (SSSR count). The minimum atomic E-state index is -0.200. The van der Waals surface area contributed by atoms with Crippen LogP contribution < -0.4 is 14.8 Å². The van der Waals surface area contributed by atoms with Gasteiger partial charge in [-0.15, -0.1) is 0 Å². The molecule has 126 valence electrons. The van der Waals surface area contributed by atoms with E-state index >= 15 is 0 Å². The van der Waals surface area contributed by atoms with Crippen molar-refractivity contribution in [1.82, 2.24) is 0 Å². The van der Waals surface area contributed by atoms with Crippen LogP contribution in [0.1, 0.15) is 28.8 Å². The van der Waals surface area contributed by atoms with Crippen molar-refractivity contribution < 1.29 is 19.1 Å². The molecular weight excluding hydrogens is 306 g/mol. The maximum absolute atomic E-state index is 12.4. The normalized spacial score (nSPS) is 10.1. The maximum Gasteiger partial charge on any atom is 0.224 e. The summed E-state index contributed by atoms with van der Waals surface area (Å²) in [6, 6.07) is 12.5. The number of nitrogens with one attached hydrogen (secondary N) is 1. The molecule has 0 atom stereocenters. The molecule has 0 bridgehead atoms. The standard InChI is InChI=1S/C19H21NO4/c1-13-4-6-14(7-5-13)20-19(22)11-9-17(21)16-12-15(23-2)8-10-18(16)24-3/h4-8,10,12H,9,11H2,1-3H3,(H,20,22). The van der Waals surface area contributed by atoms with Crippen molar-refractivity contribution in [2.45, 2.75) is 19.8 Å². The number of anilines is 1. The number of carbonyl (C=O) groups is 2. The number of amides is 1. The Morgan fingerprint density at radius 1 is 0.958 bits per heavy atom. The van der Waals surface area contributed by atoms with Crippen LogP contribution in [-0.4, -0.2) is 25.9 Å². The molecule has 0 radical (unpaired) electrons. The monoisotopic (exact) mass is 327 g/mol. The summed E-state index contributed by atoms with van der Waals surface area (Å²) in [6.45, 7) is 1.98. The van der Waals surface area contributed by atoms with Gasteiger partial charge in [0.25, 0.3) is 0 Å². The van der Waals surface area contributed by atoms with Gasteiger partial charge in [-0.05, 0) is 37.3 Å². The molecule has 0 saturated carbocycles. The van der Waals surface area contributed by atoms with Crippen molar-refractivity contribution in [2.24, 2.45) is 0 Å². The van der Waals surface area contributed by atoms with E-state index in [0.29, 0.717) is 17.1 Å². The molecule has 2 aromatic rings. The molecule has 0 unspecified atom stereocenters. The predicted molar refractivity (Wildman–Crippen MR) is 92.9 cm³/mol. The van der Waals surface area contributed by atoms with E-state index in [1.807, 2.05) is 31.2 Å². The molecule has 1 N–H and O–H groups in total. The first-order valence-corrected chi connectivity index (χ1v) is 7.65. The SMILES string of the molecule is COc1ccc(OC)c(C(=O)CCC(=O)Nc2ccc(C)cc2)c1. The lowest BCUT2D eigenvalue weighted by molar-refractivity contribution is -0.116. The fourth-order valence-electron chi connectivity index (χ4n) is 2.25. The Labute approximate surface area is 141 Å². The predicted octanol–water partition coefficient (Wildman–Crippen LogP) is 3.61. The zero-order valence-corrected chi connectivity index (χ0v) is 14.1. The molecule has 0 spiro atoms. The molecule has 0 saturated heterocycles. The van der Waals surface area contributed by atoms with Crippen LogP contribution in [0.5, 0.6) is 11.5 Å². The quantitative estimate of drug-likeness (QED) is 0.789. The van der Waals surface area contributed by atoms with Crippen molar-refractivity contribution >= 4 is 17.4 Å². The lowest BCUT2D eigenvalue weighted by Gasteiger charge is -2.10. The van der Waals surface area contributed by atoms with E-state index in [9.17, 15) is 9.59 Å². The molecule has 0 aromatic heterocycles. The number of aryl methyl sites for hydroxylation is 1. The second kappa shape index (κ2) is 8.15. The zero-order valence-electron chi connectivity index (χ0n) is 14.1. The van der Waals surface area contributed by atoms with Gasteiger partial charge < -0.3 is 14.8 Å². The molecule has 0 aliphatic heterocycles. The van der Waals surface area contributed by atoms with Crippen LogP contribution in [0.2, 0.25) is 0 Å². The van der Waals surface area contributed by atoms with Crippen LogP contribution in [0.25, 0.3) is 0 Å². The maximum atomic E-state index is 12.4. The third-order valence-corrected chi connectivity index (χ3v) is 3.62. The molecule has 0 fully saturated rings. The van der Waals surface area contributed by atoms with Gasteiger partial charge in [0.1, 0.15) is 11.5 Å². The van der Waals surface area contributed by atoms with Crippen molar-refractivity contribution in [3.05, 3.63) is 53.6 Å². The number of ketones is 1. The number of hydrogen-bond donors (Lipinski definition) is 1. The number of methoxy groups -OCH3 is 2. The van der Waals surface area contributed by atoms with Crippen molar-refractivity contribution in [2.75, 3.05) is 19.5 Å². The van der Waals surface area contributed by atoms with E-state index in [2.05, 4.69) is 5.32 Å². The van der Waals surface area contributed by atoms with Gasteiger partial charge in [0.05, 0.1) is 19.8 Å². The van der Waals surface area contributed by atoms with E-state index in [4.69, 9.17) is 9.47 Å². The highest BCUT2D eigenvalue weighted by Gasteiger charge is 2.15.